The van der Waals surface area contributed by atoms with Crippen molar-refractivity contribution in [1.29, 1.82) is 0 Å². The Morgan fingerprint density at radius 1 is 0.556 bits per heavy atom. The predicted molar refractivity (Wildman–Crippen MR) is 242 cm³/mol. The van der Waals surface area contributed by atoms with E-state index in [9.17, 15) is 40.2 Å². The van der Waals surface area contributed by atoms with Crippen molar-refractivity contribution in [3.63, 3.8) is 0 Å². The molecule has 8 rings (SSSR count). The lowest BCUT2D eigenvalue weighted by Crippen LogP contribution is -2.62. The van der Waals surface area contributed by atoms with E-state index in [-0.39, 0.29) is 105 Å². The van der Waals surface area contributed by atoms with Gasteiger partial charge in [-0.25, -0.2) is 0 Å². The quantitative estimate of drug-likeness (QED) is 0.0970. The predicted octanol–water partition coefficient (Wildman–Crippen LogP) is 5.99. The van der Waals surface area contributed by atoms with Gasteiger partial charge in [0.05, 0.1) is 49.8 Å². The summed E-state index contributed by atoms with van der Waals surface area (Å²) in [6.07, 6.45) is 12.3. The van der Waals surface area contributed by atoms with E-state index in [1.807, 2.05) is 0 Å². The molecule has 8 aliphatic carbocycles. The summed E-state index contributed by atoms with van der Waals surface area (Å²) in [6, 6.07) is 0. The Labute approximate surface area is 379 Å². The molecule has 2 amide bonds. The van der Waals surface area contributed by atoms with E-state index in [2.05, 4.69) is 52.2 Å². The number of amides is 2. The van der Waals surface area contributed by atoms with Gasteiger partial charge in [0.25, 0.3) is 0 Å². The second-order valence-corrected chi connectivity index (χ2v) is 24.4. The van der Waals surface area contributed by atoms with Crippen LogP contribution in [0.4, 0.5) is 0 Å². The molecule has 360 valence electrons. The van der Waals surface area contributed by atoms with E-state index in [1.165, 1.54) is 0 Å². The maximum atomic E-state index is 12.9. The normalized spacial score (nSPS) is 49.8. The van der Waals surface area contributed by atoms with Gasteiger partial charge < -0.3 is 46.0 Å². The average Bonchev–Trinajstić information content (AvgIpc) is 3.79. The standard InChI is InChI=1S/C52H88N2O9/c1-29(35-9-11-37-47-39(27-43(59)51(35,37)5)49(3)17-15-33(55)23-31(49)25-41(47)57)7-13-45(61)53-19-21-63-22-20-54-46(62)14-8-30(2)36-10-12-38-48-40(28-44(60)52(36,38)6)50(4)18-16-34(56)24-32(50)26-42(48)58/h29-44,47-48,55-60H,7-28H2,1-6H3,(H,53,61)(H,54,62)/t29-,30-,31+,32+,33-,34-,35-,36-,37+,38+,39+,40+,41-,42-,43+,44+,47+,48+,49+,50+,51-,52-/m1/s1. The number of carbonyl (C=O) groups excluding carboxylic acids is 2. The van der Waals surface area contributed by atoms with Gasteiger partial charge >= 0.3 is 0 Å². The molecule has 0 aromatic carbocycles. The number of hydrogen-bond acceptors (Lipinski definition) is 9. The molecule has 0 radical (unpaired) electrons. The SMILES string of the molecule is C[C@H](CCC(=O)NCCOCCNC(=O)CC[C@@H](C)[C@H]1CC[C@H]2[C@@H]3[C@H](O)C[C@@H]4C[C@H](O)CC[C@]4(C)[C@H]3C[C@H](O)[C@]12C)[C@H]1CC[C@H]2[C@@H]3[C@H](O)C[C@@H]4C[C@H](O)CC[C@]4(C)[C@H]3C[C@H](O)[C@]12C. The molecule has 63 heavy (non-hydrogen) atoms. The van der Waals surface area contributed by atoms with Crippen LogP contribution in [-0.2, 0) is 14.3 Å². The molecule has 11 nitrogen and oxygen atoms in total. The highest BCUT2D eigenvalue weighted by Gasteiger charge is 2.67. The van der Waals surface area contributed by atoms with E-state index < -0.39 is 12.2 Å². The molecule has 0 aliphatic heterocycles. The van der Waals surface area contributed by atoms with Gasteiger partial charge in [0, 0.05) is 25.9 Å². The van der Waals surface area contributed by atoms with E-state index in [0.717, 1.165) is 103 Å². The summed E-state index contributed by atoms with van der Waals surface area (Å²) in [5.41, 5.74) is -0.433. The van der Waals surface area contributed by atoms with E-state index in [1.54, 1.807) is 0 Å². The van der Waals surface area contributed by atoms with Crippen LogP contribution in [0.1, 0.15) is 157 Å². The fourth-order valence-electron chi connectivity index (χ4n) is 18.2. The highest BCUT2D eigenvalue weighted by molar-refractivity contribution is 5.76. The highest BCUT2D eigenvalue weighted by Crippen LogP contribution is 2.70. The third-order valence-corrected chi connectivity index (χ3v) is 21.8. The highest BCUT2D eigenvalue weighted by atomic mass is 16.5. The number of aliphatic hydroxyl groups excluding tert-OH is 6. The Bertz CT molecular complexity index is 1500. The summed E-state index contributed by atoms with van der Waals surface area (Å²) in [7, 11) is 0. The van der Waals surface area contributed by atoms with Crippen molar-refractivity contribution in [3.8, 4) is 0 Å². The number of fused-ring (bicyclic) bond motifs is 10. The van der Waals surface area contributed by atoms with E-state index >= 15 is 0 Å². The van der Waals surface area contributed by atoms with Crippen LogP contribution < -0.4 is 10.6 Å². The summed E-state index contributed by atoms with van der Waals surface area (Å²) in [5.74, 6) is 3.24. The summed E-state index contributed by atoms with van der Waals surface area (Å²) >= 11 is 0. The smallest absolute Gasteiger partial charge is 0.220 e. The largest absolute Gasteiger partial charge is 0.393 e. The number of nitrogens with one attached hydrogen (secondary N) is 2. The molecule has 11 heteroatoms. The monoisotopic (exact) mass is 885 g/mol. The van der Waals surface area contributed by atoms with E-state index in [0.29, 0.717) is 62.8 Å². The van der Waals surface area contributed by atoms with Gasteiger partial charge in [-0.05, 0) is 195 Å². The van der Waals surface area contributed by atoms with Crippen molar-refractivity contribution in [2.75, 3.05) is 26.3 Å². The molecule has 8 N–H and O–H groups in total. The first kappa shape index (κ1) is 48.1. The van der Waals surface area contributed by atoms with Crippen LogP contribution >= 0.6 is 0 Å². The van der Waals surface area contributed by atoms with Gasteiger partial charge in [-0.3, -0.25) is 9.59 Å². The number of ether oxygens (including phenoxy) is 1. The molecule has 8 saturated carbocycles. The zero-order chi connectivity index (χ0) is 45.2. The molecule has 22 atom stereocenters. The summed E-state index contributed by atoms with van der Waals surface area (Å²) < 4.78 is 5.76. The Hall–Kier alpha value is -1.34. The fourth-order valence-corrected chi connectivity index (χ4v) is 18.2. The minimum absolute atomic E-state index is 0.00351. The second-order valence-electron chi connectivity index (χ2n) is 24.4. The van der Waals surface area contributed by atoms with Crippen molar-refractivity contribution in [3.05, 3.63) is 0 Å². The maximum Gasteiger partial charge on any atom is 0.220 e. The first-order valence-electron chi connectivity index (χ1n) is 26.0. The minimum Gasteiger partial charge on any atom is -0.393 e. The van der Waals surface area contributed by atoms with Crippen molar-refractivity contribution in [1.82, 2.24) is 10.6 Å². The van der Waals surface area contributed by atoms with Crippen LogP contribution in [0, 0.1) is 92.7 Å². The van der Waals surface area contributed by atoms with Crippen LogP contribution in [-0.4, -0.2) is 105 Å². The van der Waals surface area contributed by atoms with Crippen LogP contribution in [0.3, 0.4) is 0 Å². The van der Waals surface area contributed by atoms with Crippen molar-refractivity contribution in [2.45, 2.75) is 194 Å². The number of rotatable bonds is 14. The Morgan fingerprint density at radius 2 is 0.952 bits per heavy atom. The van der Waals surface area contributed by atoms with Crippen LogP contribution in [0.25, 0.3) is 0 Å². The van der Waals surface area contributed by atoms with Crippen molar-refractivity contribution >= 4 is 11.8 Å². The third-order valence-electron chi connectivity index (χ3n) is 21.8. The average molecular weight is 885 g/mol. The van der Waals surface area contributed by atoms with E-state index in [4.69, 9.17) is 4.74 Å². The molecular weight excluding hydrogens is 797 g/mol. The Balaban J connectivity index is 0.713. The lowest BCUT2D eigenvalue weighted by molar-refractivity contribution is -0.207. The first-order valence-corrected chi connectivity index (χ1v) is 26.0. The third kappa shape index (κ3) is 8.50. The fraction of sp³-hybridized carbons (Fsp3) is 0.962. The molecule has 0 saturated heterocycles. The Kier molecular flexibility index (Phi) is 14.2. The summed E-state index contributed by atoms with van der Waals surface area (Å²) in [6.45, 7) is 15.3. The molecule has 0 unspecified atom stereocenters. The molecule has 8 aliphatic rings. The van der Waals surface area contributed by atoms with Gasteiger partial charge in [0.1, 0.15) is 0 Å². The Morgan fingerprint density at radius 3 is 1.35 bits per heavy atom. The zero-order valence-electron chi connectivity index (χ0n) is 39.9. The zero-order valence-corrected chi connectivity index (χ0v) is 39.9. The molecule has 0 aromatic rings. The van der Waals surface area contributed by atoms with Crippen LogP contribution in [0.15, 0.2) is 0 Å². The van der Waals surface area contributed by atoms with Crippen molar-refractivity contribution in [2.24, 2.45) is 92.7 Å². The number of aliphatic hydroxyl groups is 6. The molecule has 0 bridgehead atoms. The lowest BCUT2D eigenvalue weighted by atomic mass is 9.43. The summed E-state index contributed by atoms with van der Waals surface area (Å²) in [5, 5.41) is 73.8. The number of hydrogen-bond donors (Lipinski definition) is 8. The van der Waals surface area contributed by atoms with Crippen molar-refractivity contribution < 1.29 is 45.0 Å². The summed E-state index contributed by atoms with van der Waals surface area (Å²) in [4.78, 5) is 25.8. The molecule has 0 aromatic heterocycles. The van der Waals surface area contributed by atoms with Crippen LogP contribution in [0.2, 0.25) is 0 Å². The van der Waals surface area contributed by atoms with Gasteiger partial charge in [0.15, 0.2) is 0 Å². The van der Waals surface area contributed by atoms with Gasteiger partial charge in [-0.2, -0.15) is 0 Å². The van der Waals surface area contributed by atoms with Gasteiger partial charge in [-0.1, -0.05) is 41.5 Å². The minimum atomic E-state index is -0.430. The molecule has 8 fully saturated rings. The molecular formula is C52H88N2O9. The lowest BCUT2D eigenvalue weighted by Gasteiger charge is -2.63. The van der Waals surface area contributed by atoms with Crippen LogP contribution in [0.5, 0.6) is 0 Å². The number of carbonyl (C=O) groups is 2. The second kappa shape index (κ2) is 18.6. The van der Waals surface area contributed by atoms with Gasteiger partial charge in [0.2, 0.25) is 11.8 Å². The topological polar surface area (TPSA) is 189 Å². The molecule has 0 spiro atoms. The van der Waals surface area contributed by atoms with Gasteiger partial charge in [-0.15, -0.1) is 0 Å². The first-order chi connectivity index (χ1) is 29.8. The molecule has 0 heterocycles. The maximum absolute atomic E-state index is 12.9.